The zero-order valence-corrected chi connectivity index (χ0v) is 35.7. The number of cyclic esters (lactones) is 2. The number of methoxy groups -OCH3 is 1. The molecule has 0 saturated carbocycles. The predicted molar refractivity (Wildman–Crippen MR) is 214 cm³/mol. The number of ether oxygens (including phenoxy) is 4. The van der Waals surface area contributed by atoms with Crippen LogP contribution in [-0.4, -0.2) is 70.1 Å². The van der Waals surface area contributed by atoms with Gasteiger partial charge in [-0.15, -0.1) is 0 Å². The lowest BCUT2D eigenvalue weighted by Crippen LogP contribution is -2.49. The molecule has 2 aliphatic heterocycles. The van der Waals surface area contributed by atoms with Crippen LogP contribution >= 0.6 is 11.6 Å². The fourth-order valence-electron chi connectivity index (χ4n) is 6.03. The van der Waals surface area contributed by atoms with E-state index < -0.39 is 56.2 Å². The highest BCUT2D eigenvalue weighted by Crippen LogP contribution is 2.45. The monoisotopic (exact) mass is 798 g/mol. The SMILES string of the molecule is COc1ccc(C[C@H]2NC(=O)/C=C/C[C@@H]([C@H](C)[C@H]3O[C@@H]3c3ccc(CO[Si](C)(C)C(C)(C)C)cc3)OC(=O)[C@H](CC(C)C)OC(=O)[C@H](C)CNC2=O)cc1Cl. The summed E-state index contributed by atoms with van der Waals surface area (Å²) in [5.41, 5.74) is 2.79. The molecule has 1 fully saturated rings. The molecule has 2 amide bonds. The van der Waals surface area contributed by atoms with E-state index in [2.05, 4.69) is 56.6 Å². The topological polar surface area (TPSA) is 142 Å². The van der Waals surface area contributed by atoms with E-state index >= 15 is 0 Å². The van der Waals surface area contributed by atoms with Crippen molar-refractivity contribution in [2.24, 2.45) is 17.8 Å². The van der Waals surface area contributed by atoms with E-state index in [1.165, 1.54) is 13.2 Å². The average Bonchev–Trinajstić information content (AvgIpc) is 3.92. The summed E-state index contributed by atoms with van der Waals surface area (Å²) in [5.74, 6) is -2.88. The van der Waals surface area contributed by atoms with E-state index in [4.69, 9.17) is 35.0 Å². The fraction of sp³-hybridized carbons (Fsp3) is 0.571. The molecular weight excluding hydrogens is 740 g/mol. The number of epoxide rings is 1. The molecule has 2 aromatic rings. The number of halogens is 1. The highest BCUT2D eigenvalue weighted by atomic mass is 35.5. The molecule has 0 unspecified atom stereocenters. The van der Waals surface area contributed by atoms with Crippen molar-refractivity contribution in [3.8, 4) is 5.75 Å². The number of rotatable bonds is 11. The van der Waals surface area contributed by atoms with Gasteiger partial charge in [0, 0.05) is 25.3 Å². The number of hydrogen-bond acceptors (Lipinski definition) is 9. The maximum Gasteiger partial charge on any atom is 0.347 e. The number of amides is 2. The molecule has 13 heteroatoms. The standard InChI is InChI=1S/C42H59ClN2O9Si/c1-25(2)20-35-41(49)52-33(27(4)37-38(54-37)30-17-14-28(15-18-30)24-51-55(9,10)42(5,6)7)12-11-13-36(46)45-32(39(47)44-23-26(3)40(48)53-35)22-29-16-19-34(50-8)31(43)21-29/h11,13-19,21,25-27,32-33,35,37-38H,12,20,22-24H2,1-10H3,(H,44,47)(H,45,46)/b13-11+/t26-,27+,32-,33+,35+,37-,38-/m1/s1. The molecule has 2 N–H and O–H groups in total. The van der Waals surface area contributed by atoms with Crippen LogP contribution < -0.4 is 15.4 Å². The van der Waals surface area contributed by atoms with Crippen molar-refractivity contribution in [3.63, 3.8) is 0 Å². The maximum atomic E-state index is 13.7. The molecular formula is C42H59ClN2O9Si. The molecule has 2 aliphatic rings. The van der Waals surface area contributed by atoms with Crippen LogP contribution in [0.15, 0.2) is 54.6 Å². The summed E-state index contributed by atoms with van der Waals surface area (Å²) in [5, 5.41) is 6.01. The van der Waals surface area contributed by atoms with Crippen LogP contribution in [0.1, 0.15) is 84.1 Å². The van der Waals surface area contributed by atoms with Crippen LogP contribution in [0.25, 0.3) is 0 Å². The van der Waals surface area contributed by atoms with Crippen LogP contribution in [0, 0.1) is 17.8 Å². The summed E-state index contributed by atoms with van der Waals surface area (Å²) in [4.78, 5) is 53.6. The summed E-state index contributed by atoms with van der Waals surface area (Å²) in [6.45, 7) is 19.0. The second-order valence-electron chi connectivity index (χ2n) is 16.7. The molecule has 55 heavy (non-hydrogen) atoms. The van der Waals surface area contributed by atoms with Crippen LogP contribution in [0.3, 0.4) is 0 Å². The quantitative estimate of drug-likeness (QED) is 0.137. The molecule has 1 saturated heterocycles. The first-order chi connectivity index (χ1) is 25.8. The minimum absolute atomic E-state index is 0.0176. The summed E-state index contributed by atoms with van der Waals surface area (Å²) >= 11 is 6.34. The zero-order valence-electron chi connectivity index (χ0n) is 33.9. The van der Waals surface area contributed by atoms with E-state index in [1.54, 1.807) is 31.2 Å². The fourth-order valence-corrected chi connectivity index (χ4v) is 7.27. The number of benzene rings is 2. The highest BCUT2D eigenvalue weighted by molar-refractivity contribution is 6.74. The Labute approximate surface area is 332 Å². The Morgan fingerprint density at radius 1 is 0.964 bits per heavy atom. The molecule has 0 radical (unpaired) electrons. The van der Waals surface area contributed by atoms with Crippen molar-refractivity contribution in [3.05, 3.63) is 76.3 Å². The van der Waals surface area contributed by atoms with Gasteiger partial charge in [0.25, 0.3) is 0 Å². The van der Waals surface area contributed by atoms with Crippen LogP contribution in [0.4, 0.5) is 0 Å². The Hall–Kier alpha value is -3.71. The first-order valence-corrected chi connectivity index (χ1v) is 22.4. The third-order valence-corrected chi connectivity index (χ3v) is 15.5. The maximum absolute atomic E-state index is 13.7. The van der Waals surface area contributed by atoms with Gasteiger partial charge in [0.1, 0.15) is 24.0 Å². The third kappa shape index (κ3) is 12.4. The number of esters is 2. The van der Waals surface area contributed by atoms with Crippen LogP contribution in [0.5, 0.6) is 5.75 Å². The lowest BCUT2D eigenvalue weighted by molar-refractivity contribution is -0.176. The average molecular weight is 799 g/mol. The van der Waals surface area contributed by atoms with Gasteiger partial charge in [0.2, 0.25) is 11.8 Å². The van der Waals surface area contributed by atoms with E-state index in [0.717, 1.165) is 11.1 Å². The predicted octanol–water partition coefficient (Wildman–Crippen LogP) is 7.26. The molecule has 11 nitrogen and oxygen atoms in total. The lowest BCUT2D eigenvalue weighted by Gasteiger charge is -2.36. The van der Waals surface area contributed by atoms with E-state index in [9.17, 15) is 19.2 Å². The van der Waals surface area contributed by atoms with Gasteiger partial charge in [0.15, 0.2) is 14.4 Å². The van der Waals surface area contributed by atoms with E-state index in [1.807, 2.05) is 32.9 Å². The normalized spacial score (nSPS) is 25.7. The van der Waals surface area contributed by atoms with Crippen molar-refractivity contribution < 1.29 is 42.6 Å². The van der Waals surface area contributed by atoms with Gasteiger partial charge < -0.3 is 34.0 Å². The number of carbonyl (C=O) groups is 4. The second kappa shape index (κ2) is 19.0. The van der Waals surface area contributed by atoms with Gasteiger partial charge in [0.05, 0.1) is 30.8 Å². The van der Waals surface area contributed by atoms with Crippen LogP contribution in [-0.2, 0) is 50.8 Å². The minimum Gasteiger partial charge on any atom is -0.495 e. The molecule has 0 aromatic heterocycles. The van der Waals surface area contributed by atoms with E-state index in [0.29, 0.717) is 22.9 Å². The van der Waals surface area contributed by atoms with Gasteiger partial charge in [-0.2, -0.15) is 0 Å². The van der Waals surface area contributed by atoms with Crippen molar-refractivity contribution in [1.82, 2.24) is 10.6 Å². The Balaban J connectivity index is 1.53. The van der Waals surface area contributed by atoms with Gasteiger partial charge in [-0.1, -0.05) is 96.5 Å². The Kier molecular flexibility index (Phi) is 15.2. The highest BCUT2D eigenvalue weighted by Gasteiger charge is 2.48. The summed E-state index contributed by atoms with van der Waals surface area (Å²) < 4.78 is 29.7. The van der Waals surface area contributed by atoms with E-state index in [-0.39, 0.29) is 54.9 Å². The minimum atomic E-state index is -1.90. The first-order valence-electron chi connectivity index (χ1n) is 19.2. The zero-order chi connectivity index (χ0) is 40.7. The van der Waals surface area contributed by atoms with Gasteiger partial charge in [-0.25, -0.2) is 4.79 Å². The smallest absolute Gasteiger partial charge is 0.347 e. The molecule has 0 aliphatic carbocycles. The lowest BCUT2D eigenvalue weighted by atomic mass is 9.93. The molecule has 302 valence electrons. The van der Waals surface area contributed by atoms with Crippen molar-refractivity contribution >= 4 is 43.7 Å². The number of carbonyl (C=O) groups excluding carboxylic acids is 4. The summed E-state index contributed by atoms with van der Waals surface area (Å²) in [7, 11) is -0.388. The molecule has 2 aromatic carbocycles. The Morgan fingerprint density at radius 2 is 1.64 bits per heavy atom. The third-order valence-electron chi connectivity index (χ3n) is 10.7. The number of hydrogen-bond donors (Lipinski definition) is 2. The van der Waals surface area contributed by atoms with Crippen LogP contribution in [0.2, 0.25) is 23.2 Å². The molecule has 0 bridgehead atoms. The second-order valence-corrected chi connectivity index (χ2v) is 21.9. The molecule has 2 heterocycles. The van der Waals surface area contributed by atoms with Gasteiger partial charge >= 0.3 is 11.9 Å². The largest absolute Gasteiger partial charge is 0.495 e. The molecule has 0 spiro atoms. The first kappa shape index (κ1) is 44.0. The number of nitrogens with one attached hydrogen (secondary N) is 2. The molecule has 7 atom stereocenters. The summed E-state index contributed by atoms with van der Waals surface area (Å²) in [6, 6.07) is 12.4. The summed E-state index contributed by atoms with van der Waals surface area (Å²) in [6.07, 6.45) is 1.22. The van der Waals surface area contributed by atoms with Gasteiger partial charge in [-0.3, -0.25) is 14.4 Å². The Morgan fingerprint density at radius 3 is 2.25 bits per heavy atom. The van der Waals surface area contributed by atoms with Gasteiger partial charge in [-0.05, 0) is 65.4 Å². The van der Waals surface area contributed by atoms with Crippen molar-refractivity contribution in [2.75, 3.05) is 13.7 Å². The van der Waals surface area contributed by atoms with Crippen molar-refractivity contribution in [2.45, 2.75) is 123 Å². The Bertz CT molecular complexity index is 1690. The molecule has 4 rings (SSSR count). The van der Waals surface area contributed by atoms with Crippen molar-refractivity contribution in [1.29, 1.82) is 0 Å².